The van der Waals surface area contributed by atoms with E-state index in [4.69, 9.17) is 0 Å². The summed E-state index contributed by atoms with van der Waals surface area (Å²) in [6, 6.07) is 5.66. The van der Waals surface area contributed by atoms with Gasteiger partial charge >= 0.3 is 6.18 Å². The molecule has 1 saturated carbocycles. The Morgan fingerprint density at radius 3 is 2.35 bits per heavy atom. The normalized spacial score (nSPS) is 23.2. The maximum Gasteiger partial charge on any atom is 0.416 e. The number of hydrogen-bond acceptors (Lipinski definition) is 1. The van der Waals surface area contributed by atoms with Crippen LogP contribution in [0.5, 0.6) is 0 Å². The third-order valence-electron chi connectivity index (χ3n) is 4.25. The molecule has 0 radical (unpaired) electrons. The van der Waals surface area contributed by atoms with E-state index in [2.05, 4.69) is 12.2 Å². The minimum Gasteiger partial charge on any atom is -0.317 e. The van der Waals surface area contributed by atoms with E-state index in [0.717, 1.165) is 25.1 Å². The molecule has 1 N–H and O–H groups in total. The molecule has 0 aliphatic heterocycles. The molecule has 1 nitrogen and oxygen atoms in total. The fourth-order valence-corrected chi connectivity index (χ4v) is 3.11. The molecule has 1 aliphatic carbocycles. The van der Waals surface area contributed by atoms with Crippen molar-refractivity contribution in [1.29, 1.82) is 0 Å². The second-order valence-corrected chi connectivity index (χ2v) is 5.66. The molecule has 4 heteroatoms. The Labute approximate surface area is 118 Å². The van der Waals surface area contributed by atoms with E-state index in [1.165, 1.54) is 31.4 Å². The monoisotopic (exact) mass is 285 g/mol. The fraction of sp³-hybridized carbons (Fsp3) is 0.625. The molecular weight excluding hydrogens is 263 g/mol. The smallest absolute Gasteiger partial charge is 0.317 e. The van der Waals surface area contributed by atoms with Crippen molar-refractivity contribution < 1.29 is 13.2 Å². The number of nitrogens with one attached hydrogen (secondary N) is 1. The van der Waals surface area contributed by atoms with Crippen molar-refractivity contribution in [2.45, 2.75) is 38.8 Å². The Balaban J connectivity index is 1.95. The van der Waals surface area contributed by atoms with Crippen molar-refractivity contribution >= 4 is 0 Å². The summed E-state index contributed by atoms with van der Waals surface area (Å²) in [5, 5.41) is 3.39. The van der Waals surface area contributed by atoms with Crippen molar-refractivity contribution in [3.8, 4) is 0 Å². The van der Waals surface area contributed by atoms with Crippen molar-refractivity contribution in [2.24, 2.45) is 11.8 Å². The van der Waals surface area contributed by atoms with Crippen LogP contribution in [0.4, 0.5) is 13.2 Å². The third kappa shape index (κ3) is 3.98. The topological polar surface area (TPSA) is 12.0 Å². The first-order chi connectivity index (χ1) is 9.50. The third-order valence-corrected chi connectivity index (χ3v) is 4.25. The highest BCUT2D eigenvalue weighted by Crippen LogP contribution is 2.34. The highest BCUT2D eigenvalue weighted by molar-refractivity contribution is 5.25. The summed E-state index contributed by atoms with van der Waals surface area (Å²) < 4.78 is 37.6. The number of hydrogen-bond donors (Lipinski definition) is 1. The maximum absolute atomic E-state index is 12.5. The van der Waals surface area contributed by atoms with E-state index in [-0.39, 0.29) is 0 Å². The van der Waals surface area contributed by atoms with E-state index in [1.807, 2.05) is 0 Å². The molecule has 0 aromatic heterocycles. The molecule has 20 heavy (non-hydrogen) atoms. The number of halogens is 3. The average molecular weight is 285 g/mol. The lowest BCUT2D eigenvalue weighted by Gasteiger charge is -2.20. The summed E-state index contributed by atoms with van der Waals surface area (Å²) in [6.45, 7) is 4.10. The van der Waals surface area contributed by atoms with Gasteiger partial charge in [0, 0.05) is 0 Å². The fourth-order valence-electron chi connectivity index (χ4n) is 3.11. The van der Waals surface area contributed by atoms with E-state index < -0.39 is 11.7 Å². The minimum absolute atomic E-state index is 0.558. The van der Waals surface area contributed by atoms with E-state index >= 15 is 0 Å². The quantitative estimate of drug-likeness (QED) is 0.851. The zero-order chi connectivity index (χ0) is 14.6. The summed E-state index contributed by atoms with van der Waals surface area (Å²) >= 11 is 0. The number of benzene rings is 1. The number of alkyl halides is 3. The van der Waals surface area contributed by atoms with E-state index in [0.29, 0.717) is 11.8 Å². The van der Waals surface area contributed by atoms with Crippen LogP contribution in [0, 0.1) is 11.8 Å². The molecule has 1 fully saturated rings. The van der Waals surface area contributed by atoms with Gasteiger partial charge < -0.3 is 5.32 Å². The highest BCUT2D eigenvalue weighted by atomic mass is 19.4. The number of rotatable bonds is 5. The Morgan fingerprint density at radius 1 is 1.10 bits per heavy atom. The molecule has 0 spiro atoms. The average Bonchev–Trinajstić information content (AvgIpc) is 2.83. The van der Waals surface area contributed by atoms with Gasteiger partial charge in [-0.1, -0.05) is 25.5 Å². The summed E-state index contributed by atoms with van der Waals surface area (Å²) in [4.78, 5) is 0. The second-order valence-electron chi connectivity index (χ2n) is 5.66. The van der Waals surface area contributed by atoms with Crippen LogP contribution in [0.3, 0.4) is 0 Å². The van der Waals surface area contributed by atoms with Crippen LogP contribution in [0.1, 0.15) is 37.3 Å². The molecule has 1 aromatic carbocycles. The molecule has 1 aliphatic rings. The first-order valence-electron chi connectivity index (χ1n) is 7.37. The zero-order valence-electron chi connectivity index (χ0n) is 11.8. The summed E-state index contributed by atoms with van der Waals surface area (Å²) in [6.07, 6.45) is 0.324. The van der Waals surface area contributed by atoms with Gasteiger partial charge in [0.1, 0.15) is 0 Å². The van der Waals surface area contributed by atoms with E-state index in [9.17, 15) is 13.2 Å². The molecule has 2 unspecified atom stereocenters. The molecule has 1 aromatic rings. The van der Waals surface area contributed by atoms with Crippen molar-refractivity contribution in [1.82, 2.24) is 5.32 Å². The first-order valence-corrected chi connectivity index (χ1v) is 7.37. The van der Waals surface area contributed by atoms with Gasteiger partial charge in [0.05, 0.1) is 5.56 Å². The van der Waals surface area contributed by atoms with Crippen molar-refractivity contribution in [3.05, 3.63) is 35.4 Å². The molecule has 2 atom stereocenters. The van der Waals surface area contributed by atoms with Crippen LogP contribution in [0.15, 0.2) is 24.3 Å². The Morgan fingerprint density at radius 2 is 1.75 bits per heavy atom. The van der Waals surface area contributed by atoms with Gasteiger partial charge in [-0.3, -0.25) is 0 Å². The molecule has 112 valence electrons. The highest BCUT2D eigenvalue weighted by Gasteiger charge is 2.30. The van der Waals surface area contributed by atoms with Gasteiger partial charge in [-0.25, -0.2) is 0 Å². The lowest BCUT2D eigenvalue weighted by Crippen LogP contribution is -2.25. The maximum atomic E-state index is 12.5. The van der Waals surface area contributed by atoms with Gasteiger partial charge in [-0.2, -0.15) is 13.2 Å². The van der Waals surface area contributed by atoms with Crippen LogP contribution in [0.2, 0.25) is 0 Å². The molecule has 0 amide bonds. The molecular formula is C16H22F3N. The van der Waals surface area contributed by atoms with Gasteiger partial charge in [0.25, 0.3) is 0 Å². The summed E-state index contributed by atoms with van der Waals surface area (Å²) in [7, 11) is 0. The van der Waals surface area contributed by atoms with Crippen LogP contribution < -0.4 is 5.32 Å². The van der Waals surface area contributed by atoms with Crippen LogP contribution in [-0.4, -0.2) is 13.1 Å². The van der Waals surface area contributed by atoms with Gasteiger partial charge in [-0.05, 0) is 61.9 Å². The lowest BCUT2D eigenvalue weighted by molar-refractivity contribution is -0.137. The Hall–Kier alpha value is -1.03. The van der Waals surface area contributed by atoms with E-state index in [1.54, 1.807) is 12.1 Å². The molecule has 0 saturated heterocycles. The minimum atomic E-state index is -4.24. The Kier molecular flexibility index (Phi) is 5.08. The van der Waals surface area contributed by atoms with Gasteiger partial charge in [-0.15, -0.1) is 0 Å². The molecule has 0 bridgehead atoms. The Bertz CT molecular complexity index is 411. The summed E-state index contributed by atoms with van der Waals surface area (Å²) in [5.74, 6) is 1.27. The SMILES string of the molecule is CCNCC1CCCC1Cc1ccc(C(F)(F)F)cc1. The predicted molar refractivity (Wildman–Crippen MR) is 74.5 cm³/mol. The van der Waals surface area contributed by atoms with Crippen molar-refractivity contribution in [3.63, 3.8) is 0 Å². The predicted octanol–water partition coefficient (Wildman–Crippen LogP) is 4.27. The molecule has 2 rings (SSSR count). The van der Waals surface area contributed by atoms with Crippen LogP contribution in [-0.2, 0) is 12.6 Å². The van der Waals surface area contributed by atoms with Gasteiger partial charge in [0.2, 0.25) is 0 Å². The second kappa shape index (κ2) is 6.61. The van der Waals surface area contributed by atoms with Crippen molar-refractivity contribution in [2.75, 3.05) is 13.1 Å². The standard InChI is InChI=1S/C16H22F3N/c1-2-20-11-14-5-3-4-13(14)10-12-6-8-15(9-7-12)16(17,18)19/h6-9,13-14,20H,2-5,10-11H2,1H3. The zero-order valence-corrected chi connectivity index (χ0v) is 11.8. The van der Waals surface area contributed by atoms with Crippen LogP contribution >= 0.6 is 0 Å². The molecule has 0 heterocycles. The largest absolute Gasteiger partial charge is 0.416 e. The van der Waals surface area contributed by atoms with Crippen LogP contribution in [0.25, 0.3) is 0 Å². The summed E-state index contributed by atoms with van der Waals surface area (Å²) in [5.41, 5.74) is 0.461. The van der Waals surface area contributed by atoms with Gasteiger partial charge in [0.15, 0.2) is 0 Å². The first kappa shape index (κ1) is 15.4. The lowest BCUT2D eigenvalue weighted by atomic mass is 9.89.